The first-order chi connectivity index (χ1) is 25.3. The van der Waals surface area contributed by atoms with Crippen LogP contribution in [0, 0.1) is 0 Å². The zero-order valence-electron chi connectivity index (χ0n) is 27.6. The molecular formula is C46H31N5. The fourth-order valence-electron chi connectivity index (χ4n) is 8.04. The van der Waals surface area contributed by atoms with Crippen molar-refractivity contribution in [2.75, 3.05) is 9.80 Å². The van der Waals surface area contributed by atoms with Crippen LogP contribution < -0.4 is 9.80 Å². The Balaban J connectivity index is 1.28. The summed E-state index contributed by atoms with van der Waals surface area (Å²) in [6.07, 6.45) is 0. The Morgan fingerprint density at radius 3 is 1.06 bits per heavy atom. The summed E-state index contributed by atoms with van der Waals surface area (Å²) >= 11 is 0. The highest BCUT2D eigenvalue weighted by atomic mass is 15.3. The van der Waals surface area contributed by atoms with Gasteiger partial charge in [-0.15, -0.1) is 0 Å². The number of benzene rings is 7. The molecule has 7 aromatic carbocycles. The quantitative estimate of drug-likeness (QED) is 0.189. The molecule has 5 heteroatoms. The Kier molecular flexibility index (Phi) is 6.64. The Hall–Kier alpha value is -6.85. The minimum Gasteiger partial charge on any atom is -0.310 e. The maximum absolute atomic E-state index is 5.22. The van der Waals surface area contributed by atoms with E-state index in [2.05, 4.69) is 161 Å². The predicted octanol–water partition coefficient (Wildman–Crippen LogP) is 11.2. The van der Waals surface area contributed by atoms with Gasteiger partial charge in [-0.25, -0.2) is 4.98 Å². The van der Waals surface area contributed by atoms with Crippen molar-refractivity contribution < 1.29 is 0 Å². The van der Waals surface area contributed by atoms with Crippen LogP contribution >= 0.6 is 0 Å². The molecule has 2 aliphatic heterocycles. The number of hydrogen-bond donors (Lipinski definition) is 0. The van der Waals surface area contributed by atoms with Crippen molar-refractivity contribution in [3.63, 3.8) is 0 Å². The summed E-state index contributed by atoms with van der Waals surface area (Å²) in [5.41, 5.74) is 11.5. The van der Waals surface area contributed by atoms with Crippen molar-refractivity contribution in [3.8, 4) is 22.8 Å². The number of para-hydroxylation sites is 5. The van der Waals surface area contributed by atoms with Crippen LogP contribution in [0.5, 0.6) is 0 Å². The van der Waals surface area contributed by atoms with Gasteiger partial charge >= 0.3 is 0 Å². The average molecular weight is 654 g/mol. The molecule has 0 saturated carbocycles. The number of aromatic nitrogens is 3. The fourth-order valence-corrected chi connectivity index (χ4v) is 8.04. The SMILES string of the molecule is c1ccc(-c2nc(-c3ccccc3)nc(N3c4ccccc4C4(c5ccccc5N(c5ccccc5)c5ccccc54)c4ccccc43)n2)cc1. The highest BCUT2D eigenvalue weighted by molar-refractivity contribution is 5.95. The molecule has 0 fully saturated rings. The van der Waals surface area contributed by atoms with Crippen LogP contribution in [0.1, 0.15) is 22.3 Å². The third-order valence-electron chi connectivity index (χ3n) is 10.1. The van der Waals surface area contributed by atoms with E-state index in [1.165, 1.54) is 22.3 Å². The molecule has 1 aromatic heterocycles. The smallest absolute Gasteiger partial charge is 0.238 e. The molecule has 0 aliphatic carbocycles. The predicted molar refractivity (Wildman–Crippen MR) is 205 cm³/mol. The second-order valence-electron chi connectivity index (χ2n) is 12.8. The zero-order valence-corrected chi connectivity index (χ0v) is 27.6. The second-order valence-corrected chi connectivity index (χ2v) is 12.8. The highest BCUT2D eigenvalue weighted by Gasteiger charge is 2.52. The van der Waals surface area contributed by atoms with Gasteiger partial charge in [0.1, 0.15) is 0 Å². The molecule has 0 N–H and O–H groups in total. The maximum Gasteiger partial charge on any atom is 0.238 e. The number of hydrogen-bond acceptors (Lipinski definition) is 5. The standard InChI is InChI=1S/C46H31N5/c1-4-18-32(19-5-1)43-47-44(33-20-6-2-7-21-33)49-45(48-43)51-41-30-16-12-26-37(41)46(38-27-13-17-31-42(38)51)35-24-10-14-28-39(35)50(34-22-8-3-9-23-34)40-29-15-11-25-36(40)46/h1-31H. The third kappa shape index (κ3) is 4.38. The van der Waals surface area contributed by atoms with E-state index >= 15 is 0 Å². The molecule has 8 aromatic rings. The number of fused-ring (bicyclic) bond motifs is 8. The van der Waals surface area contributed by atoms with E-state index in [-0.39, 0.29) is 0 Å². The van der Waals surface area contributed by atoms with Crippen LogP contribution in [-0.4, -0.2) is 15.0 Å². The highest BCUT2D eigenvalue weighted by Crippen LogP contribution is 2.63. The first-order valence-corrected chi connectivity index (χ1v) is 17.2. The molecule has 240 valence electrons. The Bertz CT molecular complexity index is 2400. The Labute approximate surface area is 296 Å². The molecule has 0 unspecified atom stereocenters. The first kappa shape index (κ1) is 29.1. The van der Waals surface area contributed by atoms with Gasteiger partial charge in [-0.05, 0) is 58.7 Å². The molecule has 3 heterocycles. The minimum absolute atomic E-state index is 0.570. The lowest BCUT2D eigenvalue weighted by molar-refractivity contribution is 0.716. The molecule has 2 aliphatic rings. The summed E-state index contributed by atoms with van der Waals surface area (Å²) in [6.45, 7) is 0. The summed E-state index contributed by atoms with van der Waals surface area (Å²) in [7, 11) is 0. The van der Waals surface area contributed by atoms with Gasteiger partial charge in [0.25, 0.3) is 0 Å². The van der Waals surface area contributed by atoms with Crippen molar-refractivity contribution in [1.29, 1.82) is 0 Å². The average Bonchev–Trinajstić information content (AvgIpc) is 3.21. The monoisotopic (exact) mass is 653 g/mol. The van der Waals surface area contributed by atoms with E-state index in [0.29, 0.717) is 17.6 Å². The summed E-state index contributed by atoms with van der Waals surface area (Å²) in [6, 6.07) is 66.2. The minimum atomic E-state index is -0.625. The van der Waals surface area contributed by atoms with Crippen molar-refractivity contribution in [1.82, 2.24) is 15.0 Å². The number of anilines is 6. The van der Waals surface area contributed by atoms with Crippen molar-refractivity contribution in [2.45, 2.75) is 5.41 Å². The van der Waals surface area contributed by atoms with E-state index in [1.807, 2.05) is 36.4 Å². The van der Waals surface area contributed by atoms with Crippen LogP contribution in [-0.2, 0) is 5.41 Å². The molecule has 0 atom stereocenters. The van der Waals surface area contributed by atoms with E-state index in [4.69, 9.17) is 15.0 Å². The molecule has 51 heavy (non-hydrogen) atoms. The van der Waals surface area contributed by atoms with Crippen LogP contribution in [0.3, 0.4) is 0 Å². The van der Waals surface area contributed by atoms with Gasteiger partial charge in [-0.3, -0.25) is 4.90 Å². The molecule has 5 nitrogen and oxygen atoms in total. The first-order valence-electron chi connectivity index (χ1n) is 17.2. The lowest BCUT2D eigenvalue weighted by atomic mass is 9.60. The lowest BCUT2D eigenvalue weighted by Crippen LogP contribution is -2.42. The Morgan fingerprint density at radius 1 is 0.314 bits per heavy atom. The lowest BCUT2D eigenvalue weighted by Gasteiger charge is -2.50. The Morgan fingerprint density at radius 2 is 0.647 bits per heavy atom. The van der Waals surface area contributed by atoms with Gasteiger partial charge in [0.15, 0.2) is 11.6 Å². The zero-order chi connectivity index (χ0) is 33.8. The van der Waals surface area contributed by atoms with Crippen molar-refractivity contribution in [2.24, 2.45) is 0 Å². The largest absolute Gasteiger partial charge is 0.310 e. The molecule has 0 saturated heterocycles. The van der Waals surface area contributed by atoms with Gasteiger partial charge in [0, 0.05) is 16.8 Å². The molecule has 0 amide bonds. The second kappa shape index (κ2) is 11.6. The maximum atomic E-state index is 5.22. The fraction of sp³-hybridized carbons (Fsp3) is 0.0217. The third-order valence-corrected chi connectivity index (χ3v) is 10.1. The number of rotatable bonds is 4. The van der Waals surface area contributed by atoms with Crippen LogP contribution in [0.4, 0.5) is 34.4 Å². The van der Waals surface area contributed by atoms with Gasteiger partial charge in [-0.1, -0.05) is 152 Å². The van der Waals surface area contributed by atoms with Gasteiger partial charge < -0.3 is 4.90 Å². The van der Waals surface area contributed by atoms with Gasteiger partial charge in [0.05, 0.1) is 28.2 Å². The normalized spacial score (nSPS) is 13.6. The van der Waals surface area contributed by atoms with Gasteiger partial charge in [-0.2, -0.15) is 9.97 Å². The van der Waals surface area contributed by atoms with Crippen LogP contribution in [0.15, 0.2) is 188 Å². The van der Waals surface area contributed by atoms with Crippen molar-refractivity contribution in [3.05, 3.63) is 210 Å². The van der Waals surface area contributed by atoms with Crippen LogP contribution in [0.25, 0.3) is 22.8 Å². The van der Waals surface area contributed by atoms with E-state index < -0.39 is 5.41 Å². The summed E-state index contributed by atoms with van der Waals surface area (Å²) < 4.78 is 0. The van der Waals surface area contributed by atoms with Crippen molar-refractivity contribution >= 4 is 34.4 Å². The summed E-state index contributed by atoms with van der Waals surface area (Å²) in [4.78, 5) is 20.1. The topological polar surface area (TPSA) is 45.2 Å². The molecule has 10 rings (SSSR count). The number of nitrogens with zero attached hydrogens (tertiary/aromatic N) is 5. The van der Waals surface area contributed by atoms with E-state index in [9.17, 15) is 0 Å². The van der Waals surface area contributed by atoms with E-state index in [1.54, 1.807) is 0 Å². The van der Waals surface area contributed by atoms with E-state index in [0.717, 1.165) is 39.6 Å². The van der Waals surface area contributed by atoms with Gasteiger partial charge in [0.2, 0.25) is 5.95 Å². The van der Waals surface area contributed by atoms with Crippen LogP contribution in [0.2, 0.25) is 0 Å². The molecule has 1 spiro atoms. The molecule has 0 bridgehead atoms. The summed E-state index contributed by atoms with van der Waals surface area (Å²) in [5, 5.41) is 0. The molecular weight excluding hydrogens is 623 g/mol. The summed E-state index contributed by atoms with van der Waals surface area (Å²) in [5.74, 6) is 1.82. The molecule has 0 radical (unpaired) electrons.